The van der Waals surface area contributed by atoms with Gasteiger partial charge in [0.25, 0.3) is 5.56 Å². The number of anilines is 2. The fourth-order valence-electron chi connectivity index (χ4n) is 1.84. The Bertz CT molecular complexity index is 402. The van der Waals surface area contributed by atoms with Crippen LogP contribution < -0.4 is 21.5 Å². The molecule has 1 fully saturated rings. The molecule has 2 heterocycles. The molecular weight excluding hydrogens is 194 g/mol. The van der Waals surface area contributed by atoms with Gasteiger partial charge in [-0.3, -0.25) is 4.79 Å². The highest BCUT2D eigenvalue weighted by Crippen LogP contribution is 2.20. The minimum atomic E-state index is -0.270. The van der Waals surface area contributed by atoms with Gasteiger partial charge in [-0.05, 0) is 13.5 Å². The molecule has 1 atom stereocenters. The maximum absolute atomic E-state index is 11.3. The lowest BCUT2D eigenvalue weighted by Crippen LogP contribution is -2.31. The highest BCUT2D eigenvalue weighted by molar-refractivity contribution is 5.61. The predicted molar refractivity (Wildman–Crippen MR) is 58.9 cm³/mol. The van der Waals surface area contributed by atoms with Crippen LogP contribution in [0.1, 0.15) is 6.42 Å². The summed E-state index contributed by atoms with van der Waals surface area (Å²) in [5.74, 6) is 0.594. The summed E-state index contributed by atoms with van der Waals surface area (Å²) in [4.78, 5) is 19.9. The van der Waals surface area contributed by atoms with Crippen molar-refractivity contribution in [2.75, 3.05) is 30.8 Å². The van der Waals surface area contributed by atoms with Gasteiger partial charge in [-0.25, -0.2) is 4.98 Å². The number of H-pyrrole nitrogens is 1. The van der Waals surface area contributed by atoms with E-state index >= 15 is 0 Å². The van der Waals surface area contributed by atoms with Crippen LogP contribution in [-0.2, 0) is 0 Å². The topological polar surface area (TPSA) is 87.0 Å². The number of rotatable bonds is 2. The SMILES string of the molecule is CNC1CCN(c2nc[nH]c(=O)c2N)C1. The molecule has 0 aromatic carbocycles. The molecule has 4 N–H and O–H groups in total. The summed E-state index contributed by atoms with van der Waals surface area (Å²) < 4.78 is 0. The van der Waals surface area contributed by atoms with Crippen molar-refractivity contribution >= 4 is 11.5 Å². The Labute approximate surface area is 87.5 Å². The summed E-state index contributed by atoms with van der Waals surface area (Å²) >= 11 is 0. The van der Waals surface area contributed by atoms with Crippen LogP contribution in [0.5, 0.6) is 0 Å². The van der Waals surface area contributed by atoms with Gasteiger partial charge in [0.05, 0.1) is 6.33 Å². The smallest absolute Gasteiger partial charge is 0.276 e. The highest BCUT2D eigenvalue weighted by Gasteiger charge is 2.24. The van der Waals surface area contributed by atoms with Gasteiger partial charge < -0.3 is 20.9 Å². The fraction of sp³-hybridized carbons (Fsp3) is 0.556. The molecule has 0 bridgehead atoms. The minimum absolute atomic E-state index is 0.203. The average molecular weight is 209 g/mol. The Kier molecular flexibility index (Phi) is 2.59. The lowest BCUT2D eigenvalue weighted by molar-refractivity contribution is 0.616. The van der Waals surface area contributed by atoms with E-state index in [4.69, 9.17) is 5.73 Å². The second-order valence-electron chi connectivity index (χ2n) is 3.69. The predicted octanol–water partition coefficient (Wildman–Crippen LogP) is -0.850. The third-order valence-corrected chi connectivity index (χ3v) is 2.76. The zero-order valence-electron chi connectivity index (χ0n) is 8.66. The Morgan fingerprint density at radius 3 is 3.20 bits per heavy atom. The van der Waals surface area contributed by atoms with E-state index in [1.54, 1.807) is 0 Å². The second kappa shape index (κ2) is 3.90. The minimum Gasteiger partial charge on any atom is -0.391 e. The van der Waals surface area contributed by atoms with Gasteiger partial charge in [0.1, 0.15) is 5.69 Å². The first kappa shape index (κ1) is 9.97. The first-order valence-corrected chi connectivity index (χ1v) is 4.97. The van der Waals surface area contributed by atoms with Gasteiger partial charge in [0, 0.05) is 19.1 Å². The molecule has 1 unspecified atom stereocenters. The fourth-order valence-corrected chi connectivity index (χ4v) is 1.84. The number of nitrogen functional groups attached to an aromatic ring is 1. The molecule has 1 aliphatic rings. The summed E-state index contributed by atoms with van der Waals surface area (Å²) in [6.07, 6.45) is 2.44. The number of nitrogens with zero attached hydrogens (tertiary/aromatic N) is 2. The highest BCUT2D eigenvalue weighted by atomic mass is 16.1. The van der Waals surface area contributed by atoms with Crippen molar-refractivity contribution in [2.24, 2.45) is 0 Å². The van der Waals surface area contributed by atoms with Gasteiger partial charge in [0.15, 0.2) is 5.82 Å². The van der Waals surface area contributed by atoms with E-state index in [2.05, 4.69) is 15.3 Å². The van der Waals surface area contributed by atoms with Crippen LogP contribution in [0.2, 0.25) is 0 Å². The van der Waals surface area contributed by atoms with Gasteiger partial charge in [0.2, 0.25) is 0 Å². The van der Waals surface area contributed by atoms with Gasteiger partial charge >= 0.3 is 0 Å². The molecule has 0 aliphatic carbocycles. The summed E-state index contributed by atoms with van der Waals surface area (Å²) in [6, 6.07) is 0.450. The van der Waals surface area contributed by atoms with Crippen molar-refractivity contribution in [1.29, 1.82) is 0 Å². The molecule has 1 aliphatic heterocycles. The normalized spacial score (nSPS) is 20.9. The monoisotopic (exact) mass is 209 g/mol. The number of likely N-dealkylation sites (N-methyl/N-ethyl adjacent to an activating group) is 1. The summed E-state index contributed by atoms with van der Waals surface area (Å²) in [7, 11) is 1.93. The van der Waals surface area contributed by atoms with Crippen LogP contribution in [0, 0.1) is 0 Å². The van der Waals surface area contributed by atoms with E-state index in [0.717, 1.165) is 19.5 Å². The maximum atomic E-state index is 11.3. The van der Waals surface area contributed by atoms with Crippen LogP contribution in [0.3, 0.4) is 0 Å². The number of hydrogen-bond acceptors (Lipinski definition) is 5. The molecule has 1 aromatic rings. The number of hydrogen-bond donors (Lipinski definition) is 3. The van der Waals surface area contributed by atoms with Crippen LogP contribution >= 0.6 is 0 Å². The third-order valence-electron chi connectivity index (χ3n) is 2.76. The number of aromatic nitrogens is 2. The van der Waals surface area contributed by atoms with E-state index in [-0.39, 0.29) is 11.2 Å². The summed E-state index contributed by atoms with van der Waals surface area (Å²) in [6.45, 7) is 1.73. The summed E-state index contributed by atoms with van der Waals surface area (Å²) in [5, 5.41) is 3.20. The van der Waals surface area contributed by atoms with E-state index in [9.17, 15) is 4.79 Å². The molecule has 0 saturated carbocycles. The second-order valence-corrected chi connectivity index (χ2v) is 3.69. The Morgan fingerprint density at radius 1 is 1.73 bits per heavy atom. The maximum Gasteiger partial charge on any atom is 0.276 e. The largest absolute Gasteiger partial charge is 0.391 e. The first-order chi connectivity index (χ1) is 7.22. The van der Waals surface area contributed by atoms with E-state index in [1.165, 1.54) is 6.33 Å². The van der Waals surface area contributed by atoms with Crippen molar-refractivity contribution in [3.63, 3.8) is 0 Å². The molecule has 0 amide bonds. The molecule has 15 heavy (non-hydrogen) atoms. The van der Waals surface area contributed by atoms with Crippen molar-refractivity contribution in [3.05, 3.63) is 16.7 Å². The average Bonchev–Trinajstić information content (AvgIpc) is 2.70. The van der Waals surface area contributed by atoms with Gasteiger partial charge in [-0.15, -0.1) is 0 Å². The number of nitrogens with two attached hydrogens (primary N) is 1. The molecule has 82 valence electrons. The van der Waals surface area contributed by atoms with Crippen LogP contribution in [0.25, 0.3) is 0 Å². The zero-order valence-corrected chi connectivity index (χ0v) is 8.66. The third kappa shape index (κ3) is 1.80. The van der Waals surface area contributed by atoms with Crippen molar-refractivity contribution in [3.8, 4) is 0 Å². The first-order valence-electron chi connectivity index (χ1n) is 4.97. The lowest BCUT2D eigenvalue weighted by Gasteiger charge is -2.18. The van der Waals surface area contributed by atoms with Crippen LogP contribution in [0.15, 0.2) is 11.1 Å². The van der Waals surface area contributed by atoms with E-state index < -0.39 is 0 Å². The summed E-state index contributed by atoms with van der Waals surface area (Å²) in [5.41, 5.74) is 5.61. The lowest BCUT2D eigenvalue weighted by atomic mass is 10.3. The molecule has 0 spiro atoms. The van der Waals surface area contributed by atoms with Crippen LogP contribution in [-0.4, -0.2) is 36.1 Å². The Balaban J connectivity index is 2.24. The van der Waals surface area contributed by atoms with Crippen molar-refractivity contribution in [1.82, 2.24) is 15.3 Å². The van der Waals surface area contributed by atoms with Crippen molar-refractivity contribution in [2.45, 2.75) is 12.5 Å². The number of aromatic amines is 1. The van der Waals surface area contributed by atoms with Crippen molar-refractivity contribution < 1.29 is 0 Å². The molecule has 6 nitrogen and oxygen atoms in total. The van der Waals surface area contributed by atoms with Gasteiger partial charge in [-0.2, -0.15) is 0 Å². The van der Waals surface area contributed by atoms with E-state index in [0.29, 0.717) is 11.9 Å². The Morgan fingerprint density at radius 2 is 2.53 bits per heavy atom. The molecule has 1 saturated heterocycles. The van der Waals surface area contributed by atoms with Crippen LogP contribution in [0.4, 0.5) is 11.5 Å². The molecule has 6 heteroatoms. The molecular formula is C9H15N5O. The van der Waals surface area contributed by atoms with E-state index in [1.807, 2.05) is 11.9 Å². The molecule has 1 aromatic heterocycles. The van der Waals surface area contributed by atoms with Gasteiger partial charge in [-0.1, -0.05) is 0 Å². The molecule has 2 rings (SSSR count). The quantitative estimate of drug-likeness (QED) is 0.590. The zero-order chi connectivity index (χ0) is 10.8. The number of nitrogens with one attached hydrogen (secondary N) is 2. The molecule has 0 radical (unpaired) electrons. The Hall–Kier alpha value is -1.56. The standard InChI is InChI=1S/C9H15N5O/c1-11-6-2-3-14(4-6)8-7(10)9(15)13-5-12-8/h5-6,11H,2-4,10H2,1H3,(H,12,13,15).